The van der Waals surface area contributed by atoms with E-state index >= 15 is 0 Å². The van der Waals surface area contributed by atoms with E-state index in [4.69, 9.17) is 0 Å². The minimum Gasteiger partial charge on any atom is -0.337 e. The van der Waals surface area contributed by atoms with Crippen molar-refractivity contribution in [3.63, 3.8) is 0 Å². The molecule has 1 amide bonds. The summed E-state index contributed by atoms with van der Waals surface area (Å²) in [5, 5.41) is 16.1. The monoisotopic (exact) mass is 339 g/mol. The van der Waals surface area contributed by atoms with Crippen LogP contribution in [0.2, 0.25) is 0 Å². The molecule has 8 nitrogen and oxygen atoms in total. The van der Waals surface area contributed by atoms with Crippen molar-refractivity contribution >= 4 is 5.91 Å². The molecule has 0 atom stereocenters. The first-order chi connectivity index (χ1) is 12.0. The van der Waals surface area contributed by atoms with Crippen LogP contribution in [0.1, 0.15) is 52.4 Å². The summed E-state index contributed by atoms with van der Waals surface area (Å²) in [7, 11) is 5.53. The smallest absolute Gasteiger partial charge is 0.270 e. The Morgan fingerprint density at radius 3 is 2.16 bits per heavy atom. The summed E-state index contributed by atoms with van der Waals surface area (Å²) in [5.74, 6) is 0.354. The third-order valence-corrected chi connectivity index (χ3v) is 4.71. The van der Waals surface area contributed by atoms with Gasteiger partial charge >= 0.3 is 0 Å². The Labute approximate surface area is 145 Å². The molecule has 8 heteroatoms. The number of aromatic nitrogens is 6. The van der Waals surface area contributed by atoms with Crippen molar-refractivity contribution in [1.29, 1.82) is 0 Å². The van der Waals surface area contributed by atoms with Crippen LogP contribution >= 0.6 is 0 Å². The summed E-state index contributed by atoms with van der Waals surface area (Å²) in [4.78, 5) is 12.9. The van der Waals surface area contributed by atoms with Gasteiger partial charge in [0.15, 0.2) is 0 Å². The first-order valence-electron chi connectivity index (χ1n) is 8.35. The van der Waals surface area contributed by atoms with E-state index in [-0.39, 0.29) is 11.9 Å². The molecule has 1 fully saturated rings. The Kier molecular flexibility index (Phi) is 3.67. The van der Waals surface area contributed by atoms with Gasteiger partial charge in [0.1, 0.15) is 11.7 Å². The van der Waals surface area contributed by atoms with E-state index in [2.05, 4.69) is 20.6 Å². The van der Waals surface area contributed by atoms with Gasteiger partial charge in [-0.25, -0.2) is 0 Å². The van der Waals surface area contributed by atoms with Gasteiger partial charge in [-0.05, 0) is 31.0 Å². The second-order valence-corrected chi connectivity index (χ2v) is 6.52. The number of hydrogen-bond acceptors (Lipinski definition) is 4. The Balaban J connectivity index is 1.66. The number of nitrogens with one attached hydrogen (secondary N) is 1. The molecular weight excluding hydrogens is 318 g/mol. The Bertz CT molecular complexity index is 875. The zero-order valence-corrected chi connectivity index (χ0v) is 14.5. The second kappa shape index (κ2) is 5.87. The van der Waals surface area contributed by atoms with Gasteiger partial charge in [0.05, 0.1) is 17.1 Å². The molecule has 130 valence electrons. The molecule has 0 aliphatic heterocycles. The lowest BCUT2D eigenvalue weighted by molar-refractivity contribution is 0.0931. The van der Waals surface area contributed by atoms with Crippen LogP contribution in [0.25, 0.3) is 0 Å². The SMILES string of the molecule is Cn1nc(C2CC2)cc1C(=O)NC(c1ccnn1C)c1ccnn1C. The molecular formula is C17H21N7O. The number of amides is 1. The summed E-state index contributed by atoms with van der Waals surface area (Å²) in [6.07, 6.45) is 5.76. The average Bonchev–Trinajstić information content (AvgIpc) is 3.01. The summed E-state index contributed by atoms with van der Waals surface area (Å²) >= 11 is 0. The van der Waals surface area contributed by atoms with E-state index in [1.807, 2.05) is 39.3 Å². The van der Waals surface area contributed by atoms with E-state index < -0.39 is 0 Å². The molecule has 0 spiro atoms. The van der Waals surface area contributed by atoms with Gasteiger partial charge < -0.3 is 5.32 Å². The zero-order chi connectivity index (χ0) is 17.6. The molecule has 0 radical (unpaired) electrons. The van der Waals surface area contributed by atoms with Gasteiger partial charge in [0, 0.05) is 39.5 Å². The maximum Gasteiger partial charge on any atom is 0.270 e. The minimum atomic E-state index is -0.341. The molecule has 1 N–H and O–H groups in total. The molecule has 1 aliphatic carbocycles. The Hall–Kier alpha value is -2.90. The molecule has 3 aromatic rings. The summed E-state index contributed by atoms with van der Waals surface area (Å²) in [6, 6.07) is 5.36. The average molecular weight is 339 g/mol. The fraction of sp³-hybridized carbons (Fsp3) is 0.412. The topological polar surface area (TPSA) is 82.6 Å². The van der Waals surface area contributed by atoms with Crippen LogP contribution in [0.5, 0.6) is 0 Å². The van der Waals surface area contributed by atoms with Crippen LogP contribution in [-0.4, -0.2) is 35.2 Å². The molecule has 3 aromatic heterocycles. The second-order valence-electron chi connectivity index (χ2n) is 6.52. The lowest BCUT2D eigenvalue weighted by atomic mass is 10.1. The lowest BCUT2D eigenvalue weighted by Gasteiger charge is -2.19. The molecule has 3 heterocycles. The summed E-state index contributed by atoms with van der Waals surface area (Å²) in [6.45, 7) is 0. The molecule has 0 unspecified atom stereocenters. The summed E-state index contributed by atoms with van der Waals surface area (Å²) in [5.41, 5.74) is 3.35. The van der Waals surface area contributed by atoms with Crippen molar-refractivity contribution in [3.8, 4) is 0 Å². The maximum absolute atomic E-state index is 12.9. The van der Waals surface area contributed by atoms with Gasteiger partial charge in [-0.15, -0.1) is 0 Å². The molecule has 1 aliphatic rings. The van der Waals surface area contributed by atoms with E-state index in [1.54, 1.807) is 26.4 Å². The van der Waals surface area contributed by atoms with Gasteiger partial charge in [-0.1, -0.05) is 0 Å². The molecule has 0 aromatic carbocycles. The number of nitrogens with zero attached hydrogens (tertiary/aromatic N) is 6. The zero-order valence-electron chi connectivity index (χ0n) is 14.5. The van der Waals surface area contributed by atoms with Gasteiger partial charge in [0.25, 0.3) is 5.91 Å². The van der Waals surface area contributed by atoms with Gasteiger partial charge in [-0.2, -0.15) is 15.3 Å². The highest BCUT2D eigenvalue weighted by atomic mass is 16.2. The third kappa shape index (κ3) is 2.84. The quantitative estimate of drug-likeness (QED) is 0.759. The fourth-order valence-corrected chi connectivity index (χ4v) is 3.12. The van der Waals surface area contributed by atoms with E-state index in [0.717, 1.165) is 29.9 Å². The maximum atomic E-state index is 12.9. The van der Waals surface area contributed by atoms with Crippen LogP contribution in [0.4, 0.5) is 0 Å². The van der Waals surface area contributed by atoms with E-state index in [1.165, 1.54) is 0 Å². The van der Waals surface area contributed by atoms with Crippen molar-refractivity contribution < 1.29 is 4.79 Å². The van der Waals surface area contributed by atoms with Crippen LogP contribution in [0.15, 0.2) is 30.6 Å². The van der Waals surface area contributed by atoms with Crippen LogP contribution in [0.3, 0.4) is 0 Å². The molecule has 0 saturated heterocycles. The number of carbonyl (C=O) groups excluding carboxylic acids is 1. The Morgan fingerprint density at radius 2 is 1.68 bits per heavy atom. The highest BCUT2D eigenvalue weighted by Gasteiger charge is 2.29. The number of carbonyl (C=O) groups is 1. The van der Waals surface area contributed by atoms with Crippen molar-refractivity contribution in [2.75, 3.05) is 0 Å². The highest BCUT2D eigenvalue weighted by Crippen LogP contribution is 2.39. The van der Waals surface area contributed by atoms with Crippen LogP contribution < -0.4 is 5.32 Å². The molecule has 4 rings (SSSR count). The highest BCUT2D eigenvalue weighted by molar-refractivity contribution is 5.93. The van der Waals surface area contributed by atoms with Crippen molar-refractivity contribution in [2.45, 2.75) is 24.8 Å². The first kappa shape index (κ1) is 15.6. The molecule has 0 bridgehead atoms. The van der Waals surface area contributed by atoms with Gasteiger partial charge in [-0.3, -0.25) is 18.8 Å². The summed E-state index contributed by atoms with van der Waals surface area (Å²) < 4.78 is 5.18. The van der Waals surface area contributed by atoms with Crippen molar-refractivity contribution in [1.82, 2.24) is 34.7 Å². The normalized spacial score (nSPS) is 14.2. The van der Waals surface area contributed by atoms with Crippen molar-refractivity contribution in [2.24, 2.45) is 21.1 Å². The van der Waals surface area contributed by atoms with Crippen LogP contribution in [-0.2, 0) is 21.1 Å². The lowest BCUT2D eigenvalue weighted by Crippen LogP contribution is -2.33. The van der Waals surface area contributed by atoms with E-state index in [0.29, 0.717) is 11.6 Å². The largest absolute Gasteiger partial charge is 0.337 e. The first-order valence-corrected chi connectivity index (χ1v) is 8.35. The molecule has 25 heavy (non-hydrogen) atoms. The van der Waals surface area contributed by atoms with E-state index in [9.17, 15) is 4.79 Å². The number of rotatable bonds is 5. The van der Waals surface area contributed by atoms with Gasteiger partial charge in [0.2, 0.25) is 0 Å². The molecule has 1 saturated carbocycles. The third-order valence-electron chi connectivity index (χ3n) is 4.71. The van der Waals surface area contributed by atoms with Crippen molar-refractivity contribution in [3.05, 3.63) is 53.4 Å². The fourth-order valence-electron chi connectivity index (χ4n) is 3.12. The predicted molar refractivity (Wildman–Crippen MR) is 90.9 cm³/mol. The number of aryl methyl sites for hydroxylation is 3. The van der Waals surface area contributed by atoms with Crippen LogP contribution in [0, 0.1) is 0 Å². The Morgan fingerprint density at radius 1 is 1.08 bits per heavy atom. The number of hydrogen-bond donors (Lipinski definition) is 1. The minimum absolute atomic E-state index is 0.158. The standard InChI is InChI=1S/C17H21N7O/c1-22-13(6-8-18-22)16(14-7-9-19-23(14)2)20-17(25)15-10-12(11-4-5-11)21-24(15)3/h6-11,16H,4-5H2,1-3H3,(H,20,25). The predicted octanol–water partition coefficient (Wildman–Crippen LogP) is 1.28.